The van der Waals surface area contributed by atoms with E-state index in [9.17, 15) is 0 Å². The van der Waals surface area contributed by atoms with Crippen LogP contribution in [-0.4, -0.2) is 94.3 Å². The SMILES string of the molecule is COc1cc(C)ccc1-c1cnc2sc(N3CC(C)(CN)C3)nn12.COc1cc(C)ccc1-c1cnc2sc(N3CC4(CN=C(N)O4)C3)nn12. The van der Waals surface area contributed by atoms with Gasteiger partial charge in [-0.15, -0.1) is 10.2 Å². The van der Waals surface area contributed by atoms with Gasteiger partial charge in [0.25, 0.3) is 6.02 Å². The van der Waals surface area contributed by atoms with E-state index in [4.69, 9.17) is 35.9 Å². The minimum atomic E-state index is -0.277. The number of methoxy groups -OCH3 is 2. The molecule has 2 fully saturated rings. The lowest BCUT2D eigenvalue weighted by molar-refractivity contribution is 0.0545. The zero-order chi connectivity index (χ0) is 34.8. The van der Waals surface area contributed by atoms with Gasteiger partial charge >= 0.3 is 0 Å². The molecule has 0 amide bonds. The molecule has 0 unspecified atom stereocenters. The molecule has 3 aliphatic rings. The lowest BCUT2D eigenvalue weighted by Crippen LogP contribution is -2.64. The van der Waals surface area contributed by atoms with E-state index < -0.39 is 0 Å². The average molecular weight is 714 g/mol. The summed E-state index contributed by atoms with van der Waals surface area (Å²) in [6.45, 7) is 11.0. The molecule has 2 saturated heterocycles. The third-order valence-corrected chi connectivity index (χ3v) is 11.4. The van der Waals surface area contributed by atoms with Crippen molar-refractivity contribution in [2.24, 2.45) is 21.9 Å². The number of benzene rings is 2. The van der Waals surface area contributed by atoms with Crippen LogP contribution >= 0.6 is 22.7 Å². The van der Waals surface area contributed by atoms with Gasteiger partial charge in [-0.25, -0.2) is 24.0 Å². The van der Waals surface area contributed by atoms with Crippen LogP contribution in [-0.2, 0) is 4.74 Å². The number of ether oxygens (including phenoxy) is 3. The van der Waals surface area contributed by atoms with Gasteiger partial charge in [0.15, 0.2) is 5.60 Å². The first-order chi connectivity index (χ1) is 24.1. The third-order valence-electron chi connectivity index (χ3n) is 9.40. The summed E-state index contributed by atoms with van der Waals surface area (Å²) in [4.78, 5) is 19.4. The van der Waals surface area contributed by atoms with Crippen LogP contribution < -0.4 is 30.7 Å². The maximum absolute atomic E-state index is 5.83. The normalized spacial score (nSPS) is 17.3. The van der Waals surface area contributed by atoms with E-state index in [1.54, 1.807) is 36.9 Å². The number of imidazole rings is 2. The molecule has 50 heavy (non-hydrogen) atoms. The minimum Gasteiger partial charge on any atom is -0.496 e. The largest absolute Gasteiger partial charge is 0.496 e. The van der Waals surface area contributed by atoms with Crippen molar-refractivity contribution in [3.8, 4) is 34.0 Å². The summed E-state index contributed by atoms with van der Waals surface area (Å²) >= 11 is 3.17. The van der Waals surface area contributed by atoms with Crippen LogP contribution in [0.5, 0.6) is 11.5 Å². The van der Waals surface area contributed by atoms with Gasteiger partial charge in [0.05, 0.1) is 57.6 Å². The second kappa shape index (κ2) is 12.1. The van der Waals surface area contributed by atoms with Crippen molar-refractivity contribution >= 4 is 48.9 Å². The van der Waals surface area contributed by atoms with Crippen molar-refractivity contribution < 1.29 is 14.2 Å². The Morgan fingerprint density at radius 3 is 1.74 bits per heavy atom. The van der Waals surface area contributed by atoms with Gasteiger partial charge in [-0.3, -0.25) is 0 Å². The Hall–Kier alpha value is -4.93. The molecule has 4 aromatic heterocycles. The van der Waals surface area contributed by atoms with Gasteiger partial charge in [0, 0.05) is 36.2 Å². The summed E-state index contributed by atoms with van der Waals surface area (Å²) in [6.07, 6.45) is 3.69. The zero-order valence-electron chi connectivity index (χ0n) is 28.6. The van der Waals surface area contributed by atoms with E-state index in [2.05, 4.69) is 56.8 Å². The molecule has 260 valence electrons. The number of hydrogen-bond acceptors (Lipinski definition) is 14. The second-order valence-electron chi connectivity index (χ2n) is 13.5. The van der Waals surface area contributed by atoms with Gasteiger partial charge in [0.1, 0.15) is 11.5 Å². The van der Waals surface area contributed by atoms with Crippen molar-refractivity contribution in [2.75, 3.05) is 63.3 Å². The van der Waals surface area contributed by atoms with Crippen molar-refractivity contribution in [2.45, 2.75) is 26.4 Å². The number of nitrogens with zero attached hydrogens (tertiary/aromatic N) is 9. The number of anilines is 2. The molecular weight excluding hydrogens is 675 g/mol. The van der Waals surface area contributed by atoms with E-state index in [1.165, 1.54) is 0 Å². The van der Waals surface area contributed by atoms with Crippen molar-refractivity contribution in [1.29, 1.82) is 0 Å². The summed E-state index contributed by atoms with van der Waals surface area (Å²) < 4.78 is 20.5. The first kappa shape index (κ1) is 32.3. The Morgan fingerprint density at radius 2 is 1.30 bits per heavy atom. The first-order valence-corrected chi connectivity index (χ1v) is 17.9. The summed E-state index contributed by atoms with van der Waals surface area (Å²) in [5, 5.41) is 11.4. The number of aromatic nitrogens is 6. The Morgan fingerprint density at radius 1 is 0.800 bits per heavy atom. The third kappa shape index (κ3) is 5.56. The van der Waals surface area contributed by atoms with Gasteiger partial charge in [-0.1, -0.05) is 41.7 Å². The number of fused-ring (bicyclic) bond motifs is 2. The lowest BCUT2D eigenvalue weighted by Gasteiger charge is -2.47. The van der Waals surface area contributed by atoms with Crippen molar-refractivity contribution in [3.05, 3.63) is 59.9 Å². The molecule has 0 atom stereocenters. The lowest BCUT2D eigenvalue weighted by atomic mass is 9.83. The van der Waals surface area contributed by atoms with Crippen LogP contribution in [0.3, 0.4) is 0 Å². The molecule has 0 radical (unpaired) electrons. The standard InChI is InChI=1S/C17H18N6O2S.C17H21N5OS/c1-10-3-4-11(13(5-10)24-2)12-6-19-15-23(12)21-16(26-15)22-8-17(9-22)7-20-14(18)25-17;1-11-4-5-12(14(6-11)23-3)13-7-19-15-22(13)20-16(24-15)21-9-17(2,8-18)10-21/h3-6H,7-9H2,1-2H3,(H2,18,20);4-7H,8-10,18H2,1-3H3. The van der Waals surface area contributed by atoms with Crippen LogP contribution in [0.15, 0.2) is 53.8 Å². The Kier molecular flexibility index (Phi) is 7.84. The highest BCUT2D eigenvalue weighted by molar-refractivity contribution is 7.20. The van der Waals surface area contributed by atoms with Gasteiger partial charge < -0.3 is 35.5 Å². The molecule has 0 saturated carbocycles. The van der Waals surface area contributed by atoms with Gasteiger partial charge in [0.2, 0.25) is 20.2 Å². The molecule has 0 aliphatic carbocycles. The van der Waals surface area contributed by atoms with Crippen molar-refractivity contribution in [1.82, 2.24) is 29.2 Å². The number of aryl methyl sites for hydroxylation is 2. The minimum absolute atomic E-state index is 0.205. The summed E-state index contributed by atoms with van der Waals surface area (Å²) in [5.74, 6) is 1.65. The van der Waals surface area contributed by atoms with Crippen LogP contribution in [0.25, 0.3) is 32.4 Å². The summed E-state index contributed by atoms with van der Waals surface area (Å²) in [5.41, 5.74) is 17.6. The molecule has 1 spiro atoms. The number of nitrogens with two attached hydrogens (primary N) is 2. The molecule has 6 aromatic rings. The van der Waals surface area contributed by atoms with Gasteiger partial charge in [-0.05, 0) is 49.2 Å². The fraction of sp³-hybridized carbons (Fsp3) is 0.382. The fourth-order valence-electron chi connectivity index (χ4n) is 6.61. The topological polar surface area (TPSA) is 159 Å². The van der Waals surface area contributed by atoms with Crippen LogP contribution in [0.2, 0.25) is 0 Å². The van der Waals surface area contributed by atoms with Crippen LogP contribution in [0.1, 0.15) is 18.1 Å². The van der Waals surface area contributed by atoms with E-state index >= 15 is 0 Å². The van der Waals surface area contributed by atoms with Gasteiger partial charge in [-0.2, -0.15) is 0 Å². The zero-order valence-corrected chi connectivity index (χ0v) is 30.2. The number of hydrogen-bond donors (Lipinski definition) is 2. The predicted octanol–water partition coefficient (Wildman–Crippen LogP) is 4.24. The summed E-state index contributed by atoms with van der Waals surface area (Å²) in [6, 6.07) is 12.6. The number of rotatable bonds is 7. The fourth-order valence-corrected chi connectivity index (χ4v) is 8.36. The predicted molar refractivity (Wildman–Crippen MR) is 197 cm³/mol. The van der Waals surface area contributed by atoms with E-state index in [0.29, 0.717) is 13.1 Å². The summed E-state index contributed by atoms with van der Waals surface area (Å²) in [7, 11) is 3.37. The smallest absolute Gasteiger partial charge is 0.282 e. The molecule has 2 aromatic carbocycles. The molecule has 9 rings (SSSR count). The van der Waals surface area contributed by atoms with E-state index in [1.807, 2.05) is 46.5 Å². The maximum Gasteiger partial charge on any atom is 0.282 e. The molecule has 4 N–H and O–H groups in total. The highest BCUT2D eigenvalue weighted by atomic mass is 32.1. The van der Waals surface area contributed by atoms with Crippen LogP contribution in [0, 0.1) is 19.3 Å². The molecular formula is C34H39N11O3S2. The molecule has 3 aliphatic heterocycles. The highest BCUT2D eigenvalue weighted by Crippen LogP contribution is 2.39. The maximum atomic E-state index is 5.83. The highest BCUT2D eigenvalue weighted by Gasteiger charge is 2.50. The molecule has 0 bridgehead atoms. The monoisotopic (exact) mass is 713 g/mol. The molecule has 7 heterocycles. The number of amidine groups is 1. The van der Waals surface area contributed by atoms with E-state index in [-0.39, 0.29) is 17.0 Å². The first-order valence-electron chi connectivity index (χ1n) is 16.3. The molecule has 14 nitrogen and oxygen atoms in total. The quantitative estimate of drug-likeness (QED) is 0.244. The Balaban J connectivity index is 0.000000145. The average Bonchev–Trinajstić information content (AvgIpc) is 3.90. The molecule has 16 heteroatoms. The van der Waals surface area contributed by atoms with Crippen LogP contribution in [0.4, 0.5) is 10.3 Å². The Bertz CT molecular complexity index is 2240. The second-order valence-corrected chi connectivity index (χ2v) is 15.4. The van der Waals surface area contributed by atoms with Crippen molar-refractivity contribution in [3.63, 3.8) is 0 Å². The number of aliphatic imine (C=N–C) groups is 1. The van der Waals surface area contributed by atoms with E-state index in [0.717, 1.165) is 91.5 Å². The Labute approximate surface area is 296 Å².